The molecular weight excluding hydrogens is 234 g/mol. The molecule has 3 atom stereocenters. The lowest BCUT2D eigenvalue weighted by Crippen LogP contribution is -2.44. The lowest BCUT2D eigenvalue weighted by Gasteiger charge is -2.26. The van der Waals surface area contributed by atoms with Gasteiger partial charge in [-0.2, -0.15) is 5.26 Å². The minimum absolute atomic E-state index is 0.363. The van der Waals surface area contributed by atoms with Gasteiger partial charge in [0.2, 0.25) is 0 Å². The van der Waals surface area contributed by atoms with Gasteiger partial charge >= 0.3 is 0 Å². The van der Waals surface area contributed by atoms with E-state index in [0.29, 0.717) is 6.04 Å². The molecule has 3 unspecified atom stereocenters. The first-order valence-corrected chi connectivity index (χ1v) is 7.74. The largest absolute Gasteiger partial charge is 0.306 e. The molecule has 3 nitrogen and oxygen atoms in total. The van der Waals surface area contributed by atoms with Crippen LogP contribution in [0.3, 0.4) is 0 Å². The molecule has 0 amide bonds. The van der Waals surface area contributed by atoms with E-state index in [1.165, 1.54) is 19.4 Å². The minimum atomic E-state index is -0.363. The SMILES string of the molecule is CC(C)NC(C)(C#N)CCCCN(C)CC1CC1C. The van der Waals surface area contributed by atoms with Crippen molar-refractivity contribution in [1.82, 2.24) is 10.2 Å². The highest BCUT2D eigenvalue weighted by Crippen LogP contribution is 2.37. The third-order valence-corrected chi connectivity index (χ3v) is 4.14. The van der Waals surface area contributed by atoms with Crippen molar-refractivity contribution in [2.45, 2.75) is 65.0 Å². The summed E-state index contributed by atoms with van der Waals surface area (Å²) in [6, 6.07) is 2.79. The fraction of sp³-hybridized carbons (Fsp3) is 0.938. The Labute approximate surface area is 119 Å². The second kappa shape index (κ2) is 7.26. The summed E-state index contributed by atoms with van der Waals surface area (Å²) in [6.45, 7) is 11.0. The zero-order chi connectivity index (χ0) is 14.5. The van der Waals surface area contributed by atoms with E-state index in [1.54, 1.807) is 0 Å². The number of unbranched alkanes of at least 4 members (excludes halogenated alkanes) is 1. The van der Waals surface area contributed by atoms with Crippen molar-refractivity contribution in [1.29, 1.82) is 5.26 Å². The molecule has 1 aliphatic rings. The molecule has 110 valence electrons. The third kappa shape index (κ3) is 6.40. The zero-order valence-electron chi connectivity index (χ0n) is 13.4. The number of hydrogen-bond acceptors (Lipinski definition) is 3. The third-order valence-electron chi connectivity index (χ3n) is 4.14. The Morgan fingerprint density at radius 3 is 2.53 bits per heavy atom. The van der Waals surface area contributed by atoms with Crippen LogP contribution in [0.2, 0.25) is 0 Å². The summed E-state index contributed by atoms with van der Waals surface area (Å²) >= 11 is 0. The smallest absolute Gasteiger partial charge is 0.104 e. The topological polar surface area (TPSA) is 39.1 Å². The van der Waals surface area contributed by atoms with Crippen LogP contribution < -0.4 is 5.32 Å². The van der Waals surface area contributed by atoms with Crippen molar-refractivity contribution in [2.24, 2.45) is 11.8 Å². The van der Waals surface area contributed by atoms with Crippen LogP contribution in [0, 0.1) is 23.2 Å². The van der Waals surface area contributed by atoms with E-state index in [2.05, 4.69) is 44.1 Å². The maximum absolute atomic E-state index is 9.28. The van der Waals surface area contributed by atoms with E-state index >= 15 is 0 Å². The predicted molar refractivity (Wildman–Crippen MR) is 80.9 cm³/mol. The predicted octanol–water partition coefficient (Wildman–Crippen LogP) is 3.02. The summed E-state index contributed by atoms with van der Waals surface area (Å²) in [5, 5.41) is 12.6. The van der Waals surface area contributed by atoms with Crippen molar-refractivity contribution in [3.63, 3.8) is 0 Å². The van der Waals surface area contributed by atoms with Gasteiger partial charge in [-0.25, -0.2) is 0 Å². The summed E-state index contributed by atoms with van der Waals surface area (Å²) < 4.78 is 0. The number of hydrogen-bond donors (Lipinski definition) is 1. The Balaban J connectivity index is 2.13. The number of nitriles is 1. The van der Waals surface area contributed by atoms with Gasteiger partial charge in [0.25, 0.3) is 0 Å². The molecular formula is C16H31N3. The Kier molecular flexibility index (Phi) is 6.29. The molecule has 1 aliphatic carbocycles. The van der Waals surface area contributed by atoms with Crippen molar-refractivity contribution in [2.75, 3.05) is 20.1 Å². The van der Waals surface area contributed by atoms with Crippen LogP contribution in [-0.4, -0.2) is 36.6 Å². The van der Waals surface area contributed by atoms with Gasteiger partial charge in [-0.3, -0.25) is 5.32 Å². The minimum Gasteiger partial charge on any atom is -0.306 e. The Bertz CT molecular complexity index is 308. The molecule has 1 N–H and O–H groups in total. The summed E-state index contributed by atoms with van der Waals surface area (Å²) in [6.07, 6.45) is 4.66. The molecule has 0 spiro atoms. The van der Waals surface area contributed by atoms with Gasteiger partial charge in [0, 0.05) is 12.6 Å². The molecule has 0 aliphatic heterocycles. The van der Waals surface area contributed by atoms with E-state index in [-0.39, 0.29) is 5.54 Å². The highest BCUT2D eigenvalue weighted by Gasteiger charge is 2.32. The monoisotopic (exact) mass is 265 g/mol. The summed E-state index contributed by atoms with van der Waals surface area (Å²) in [7, 11) is 2.22. The number of nitrogens with one attached hydrogen (secondary N) is 1. The second-order valence-corrected chi connectivity index (χ2v) is 6.94. The van der Waals surface area contributed by atoms with Gasteiger partial charge in [-0.05, 0) is 71.9 Å². The molecule has 0 bridgehead atoms. The molecule has 19 heavy (non-hydrogen) atoms. The maximum Gasteiger partial charge on any atom is 0.104 e. The molecule has 0 aromatic rings. The standard InChI is InChI=1S/C16H31N3/c1-13(2)18-16(4,12-17)8-6-7-9-19(5)11-15-10-14(15)3/h13-15,18H,6-11H2,1-5H3. The molecule has 0 radical (unpaired) electrons. The lowest BCUT2D eigenvalue weighted by molar-refractivity contribution is 0.296. The van der Waals surface area contributed by atoms with Crippen LogP contribution in [0.4, 0.5) is 0 Å². The molecule has 0 heterocycles. The molecule has 0 aromatic carbocycles. The van der Waals surface area contributed by atoms with E-state index in [1.807, 2.05) is 6.92 Å². The van der Waals surface area contributed by atoms with E-state index < -0.39 is 0 Å². The lowest BCUT2D eigenvalue weighted by atomic mass is 9.95. The normalized spacial score (nSPS) is 25.4. The van der Waals surface area contributed by atoms with Crippen LogP contribution in [-0.2, 0) is 0 Å². The average molecular weight is 265 g/mol. The molecule has 0 saturated heterocycles. The van der Waals surface area contributed by atoms with Crippen LogP contribution in [0.15, 0.2) is 0 Å². The van der Waals surface area contributed by atoms with Gasteiger partial charge in [0.1, 0.15) is 5.54 Å². The molecule has 1 fully saturated rings. The Morgan fingerprint density at radius 2 is 2.05 bits per heavy atom. The van der Waals surface area contributed by atoms with Crippen molar-refractivity contribution in [3.8, 4) is 6.07 Å². The van der Waals surface area contributed by atoms with Gasteiger partial charge < -0.3 is 4.90 Å². The van der Waals surface area contributed by atoms with Gasteiger partial charge in [0.15, 0.2) is 0 Å². The zero-order valence-corrected chi connectivity index (χ0v) is 13.4. The fourth-order valence-electron chi connectivity index (χ4n) is 2.80. The van der Waals surface area contributed by atoms with Gasteiger partial charge in [0.05, 0.1) is 6.07 Å². The van der Waals surface area contributed by atoms with Crippen molar-refractivity contribution < 1.29 is 0 Å². The molecule has 0 aromatic heterocycles. The first-order chi connectivity index (χ1) is 8.86. The molecule has 1 rings (SSSR count). The summed E-state index contributed by atoms with van der Waals surface area (Å²) in [5.41, 5.74) is -0.363. The summed E-state index contributed by atoms with van der Waals surface area (Å²) in [4.78, 5) is 2.45. The maximum atomic E-state index is 9.28. The number of rotatable bonds is 9. The van der Waals surface area contributed by atoms with Crippen LogP contribution in [0.5, 0.6) is 0 Å². The number of nitrogens with zero attached hydrogens (tertiary/aromatic N) is 2. The molecule has 3 heteroatoms. The first-order valence-electron chi connectivity index (χ1n) is 7.74. The fourth-order valence-corrected chi connectivity index (χ4v) is 2.80. The molecule has 1 saturated carbocycles. The van der Waals surface area contributed by atoms with E-state index in [9.17, 15) is 5.26 Å². The quantitative estimate of drug-likeness (QED) is 0.651. The Morgan fingerprint density at radius 1 is 1.42 bits per heavy atom. The average Bonchev–Trinajstić information content (AvgIpc) is 2.99. The summed E-state index contributed by atoms with van der Waals surface area (Å²) in [5.74, 6) is 1.89. The van der Waals surface area contributed by atoms with E-state index in [0.717, 1.165) is 31.2 Å². The second-order valence-electron chi connectivity index (χ2n) is 6.94. The van der Waals surface area contributed by atoms with Crippen molar-refractivity contribution >= 4 is 0 Å². The highest BCUT2D eigenvalue weighted by atomic mass is 15.1. The van der Waals surface area contributed by atoms with Crippen molar-refractivity contribution in [3.05, 3.63) is 0 Å². The van der Waals surface area contributed by atoms with Crippen LogP contribution >= 0.6 is 0 Å². The van der Waals surface area contributed by atoms with Gasteiger partial charge in [-0.15, -0.1) is 0 Å². The Hall–Kier alpha value is -0.590. The highest BCUT2D eigenvalue weighted by molar-refractivity contribution is 5.04. The first kappa shape index (κ1) is 16.5. The van der Waals surface area contributed by atoms with Gasteiger partial charge in [-0.1, -0.05) is 6.92 Å². The van der Waals surface area contributed by atoms with Crippen LogP contribution in [0.1, 0.15) is 53.4 Å². The van der Waals surface area contributed by atoms with Crippen LogP contribution in [0.25, 0.3) is 0 Å². The van der Waals surface area contributed by atoms with E-state index in [4.69, 9.17) is 0 Å².